The van der Waals surface area contributed by atoms with Crippen LogP contribution in [0.2, 0.25) is 0 Å². The zero-order chi connectivity index (χ0) is 13.9. The molecule has 0 aliphatic heterocycles. The number of nitrogens with zero attached hydrogens (tertiary/aromatic N) is 2. The van der Waals surface area contributed by atoms with Gasteiger partial charge in [-0.2, -0.15) is 0 Å². The van der Waals surface area contributed by atoms with E-state index < -0.39 is 0 Å². The van der Waals surface area contributed by atoms with Gasteiger partial charge < -0.3 is 5.11 Å². The molecule has 3 aromatic rings. The van der Waals surface area contributed by atoms with E-state index in [1.54, 1.807) is 23.1 Å². The van der Waals surface area contributed by atoms with Crippen molar-refractivity contribution in [2.45, 2.75) is 29.7 Å². The summed E-state index contributed by atoms with van der Waals surface area (Å²) in [6, 6.07) is 8.49. The van der Waals surface area contributed by atoms with E-state index in [1.807, 2.05) is 5.38 Å². The Bertz CT molecular complexity index is 700. The Balaban J connectivity index is 1.93. The van der Waals surface area contributed by atoms with Crippen LogP contribution in [0.15, 0.2) is 45.8 Å². The molecule has 0 atom stereocenters. The van der Waals surface area contributed by atoms with Crippen LogP contribution in [0.1, 0.15) is 17.7 Å². The van der Waals surface area contributed by atoms with Crippen LogP contribution >= 0.6 is 23.1 Å². The van der Waals surface area contributed by atoms with Gasteiger partial charge in [-0.15, -0.1) is 11.3 Å². The van der Waals surface area contributed by atoms with Gasteiger partial charge in [-0.25, -0.2) is 4.98 Å². The monoisotopic (exact) mass is 304 g/mol. The molecule has 5 heteroatoms. The first-order valence-electron chi connectivity index (χ1n) is 6.58. The van der Waals surface area contributed by atoms with E-state index in [1.165, 1.54) is 16.2 Å². The maximum absolute atomic E-state index is 9.07. The number of fused-ring (bicyclic) bond motifs is 1. The Morgan fingerprint density at radius 1 is 1.30 bits per heavy atom. The quantitative estimate of drug-likeness (QED) is 0.779. The van der Waals surface area contributed by atoms with E-state index in [0.29, 0.717) is 0 Å². The van der Waals surface area contributed by atoms with Gasteiger partial charge in [-0.3, -0.25) is 4.40 Å². The maximum atomic E-state index is 9.07. The third kappa shape index (κ3) is 2.75. The molecule has 0 unspecified atom stereocenters. The molecule has 0 spiro atoms. The largest absolute Gasteiger partial charge is 0.396 e. The number of thiazole rings is 1. The van der Waals surface area contributed by atoms with E-state index >= 15 is 0 Å². The molecule has 0 bridgehead atoms. The Labute approximate surface area is 126 Å². The zero-order valence-electron chi connectivity index (χ0n) is 11.2. The SMILES string of the molecule is Cc1ccc(Sc2nc3sccn3c2CCCO)cc1. The average molecular weight is 304 g/mol. The highest BCUT2D eigenvalue weighted by Crippen LogP contribution is 2.32. The predicted octanol–water partition coefficient (Wildman–Crippen LogP) is 3.78. The number of hydrogen-bond donors (Lipinski definition) is 1. The summed E-state index contributed by atoms with van der Waals surface area (Å²) in [6.45, 7) is 2.31. The molecule has 0 amide bonds. The van der Waals surface area contributed by atoms with Crippen LogP contribution in [-0.2, 0) is 6.42 Å². The predicted molar refractivity (Wildman–Crippen MR) is 83.8 cm³/mol. The third-order valence-corrected chi connectivity index (χ3v) is 4.92. The van der Waals surface area contributed by atoms with Crippen molar-refractivity contribution < 1.29 is 5.11 Å². The standard InChI is InChI=1S/C15H16N2OS2/c1-11-4-6-12(7-5-11)20-14-13(3-2-9-18)17-8-10-19-15(17)16-14/h4-8,10,18H,2-3,9H2,1H3. The van der Waals surface area contributed by atoms with Crippen molar-refractivity contribution in [3.8, 4) is 0 Å². The van der Waals surface area contributed by atoms with Gasteiger partial charge >= 0.3 is 0 Å². The molecule has 0 fully saturated rings. The van der Waals surface area contributed by atoms with Crippen molar-refractivity contribution in [1.29, 1.82) is 0 Å². The second-order valence-electron chi connectivity index (χ2n) is 4.66. The molecule has 0 aliphatic rings. The lowest BCUT2D eigenvalue weighted by Gasteiger charge is -2.03. The van der Waals surface area contributed by atoms with E-state index in [4.69, 9.17) is 10.1 Å². The number of benzene rings is 1. The molecule has 3 rings (SSSR count). The van der Waals surface area contributed by atoms with E-state index in [2.05, 4.69) is 41.8 Å². The second kappa shape index (κ2) is 5.99. The van der Waals surface area contributed by atoms with Gasteiger partial charge in [0, 0.05) is 23.1 Å². The number of aryl methyl sites for hydroxylation is 2. The molecule has 1 N–H and O–H groups in total. The summed E-state index contributed by atoms with van der Waals surface area (Å²) in [6.07, 6.45) is 3.67. The Morgan fingerprint density at radius 2 is 2.10 bits per heavy atom. The van der Waals surface area contributed by atoms with Crippen molar-refractivity contribution in [2.24, 2.45) is 0 Å². The summed E-state index contributed by atoms with van der Waals surface area (Å²) >= 11 is 3.34. The van der Waals surface area contributed by atoms with E-state index in [-0.39, 0.29) is 6.61 Å². The molecular weight excluding hydrogens is 288 g/mol. The molecule has 0 saturated carbocycles. The first-order chi connectivity index (χ1) is 9.78. The van der Waals surface area contributed by atoms with Crippen molar-refractivity contribution in [3.05, 3.63) is 47.1 Å². The molecular formula is C15H16N2OS2. The number of imidazole rings is 1. The fraction of sp³-hybridized carbons (Fsp3) is 0.267. The van der Waals surface area contributed by atoms with E-state index in [9.17, 15) is 0 Å². The highest BCUT2D eigenvalue weighted by Gasteiger charge is 2.13. The lowest BCUT2D eigenvalue weighted by molar-refractivity contribution is 0.287. The van der Waals surface area contributed by atoms with Gasteiger partial charge in [-0.1, -0.05) is 29.5 Å². The van der Waals surface area contributed by atoms with Crippen LogP contribution in [0.5, 0.6) is 0 Å². The maximum Gasteiger partial charge on any atom is 0.194 e. The molecule has 20 heavy (non-hydrogen) atoms. The summed E-state index contributed by atoms with van der Waals surface area (Å²) in [7, 11) is 0. The van der Waals surface area contributed by atoms with Crippen LogP contribution in [-0.4, -0.2) is 21.1 Å². The van der Waals surface area contributed by atoms with Crippen molar-refractivity contribution in [1.82, 2.24) is 9.38 Å². The first-order valence-corrected chi connectivity index (χ1v) is 8.27. The first kappa shape index (κ1) is 13.7. The number of hydrogen-bond acceptors (Lipinski definition) is 4. The van der Waals surface area contributed by atoms with Gasteiger partial charge in [0.25, 0.3) is 0 Å². The van der Waals surface area contributed by atoms with Gasteiger partial charge in [0.15, 0.2) is 4.96 Å². The summed E-state index contributed by atoms with van der Waals surface area (Å²) in [5.74, 6) is 0. The molecule has 2 aromatic heterocycles. The molecule has 0 aliphatic carbocycles. The highest BCUT2D eigenvalue weighted by molar-refractivity contribution is 7.99. The molecule has 3 nitrogen and oxygen atoms in total. The van der Waals surface area contributed by atoms with Crippen molar-refractivity contribution in [3.63, 3.8) is 0 Å². The second-order valence-corrected chi connectivity index (χ2v) is 6.60. The summed E-state index contributed by atoms with van der Waals surface area (Å²) in [5.41, 5.74) is 2.46. The lowest BCUT2D eigenvalue weighted by Crippen LogP contribution is -1.95. The fourth-order valence-corrected chi connectivity index (χ4v) is 3.82. The molecule has 0 saturated heterocycles. The molecule has 2 heterocycles. The fourth-order valence-electron chi connectivity index (χ4n) is 2.09. The lowest BCUT2D eigenvalue weighted by atomic mass is 10.2. The molecule has 104 valence electrons. The van der Waals surface area contributed by atoms with Crippen LogP contribution in [0.25, 0.3) is 4.96 Å². The molecule has 0 radical (unpaired) electrons. The number of aliphatic hydroxyl groups is 1. The number of aliphatic hydroxyl groups excluding tert-OH is 1. The Hall–Kier alpha value is -1.30. The van der Waals surface area contributed by atoms with Gasteiger partial charge in [0.05, 0.1) is 5.69 Å². The number of rotatable bonds is 5. The third-order valence-electron chi connectivity index (χ3n) is 3.13. The average Bonchev–Trinajstić information content (AvgIpc) is 3.00. The Kier molecular flexibility index (Phi) is 4.10. The normalized spacial score (nSPS) is 11.3. The van der Waals surface area contributed by atoms with Crippen LogP contribution in [0.3, 0.4) is 0 Å². The van der Waals surface area contributed by atoms with Crippen LogP contribution in [0.4, 0.5) is 0 Å². The minimum Gasteiger partial charge on any atom is -0.396 e. The van der Waals surface area contributed by atoms with Gasteiger partial charge in [0.1, 0.15) is 5.03 Å². The van der Waals surface area contributed by atoms with Crippen LogP contribution < -0.4 is 0 Å². The molecule has 1 aromatic carbocycles. The minimum atomic E-state index is 0.214. The summed E-state index contributed by atoms with van der Waals surface area (Å²) in [4.78, 5) is 6.93. The van der Waals surface area contributed by atoms with Crippen LogP contribution in [0, 0.1) is 6.92 Å². The highest BCUT2D eigenvalue weighted by atomic mass is 32.2. The van der Waals surface area contributed by atoms with Crippen molar-refractivity contribution >= 4 is 28.1 Å². The van der Waals surface area contributed by atoms with Gasteiger partial charge in [0.2, 0.25) is 0 Å². The Morgan fingerprint density at radius 3 is 2.85 bits per heavy atom. The summed E-state index contributed by atoms with van der Waals surface area (Å²) in [5, 5.41) is 12.2. The van der Waals surface area contributed by atoms with Crippen molar-refractivity contribution in [2.75, 3.05) is 6.61 Å². The van der Waals surface area contributed by atoms with E-state index in [0.717, 1.165) is 22.8 Å². The zero-order valence-corrected chi connectivity index (χ0v) is 12.9. The smallest absolute Gasteiger partial charge is 0.194 e. The number of aromatic nitrogens is 2. The minimum absolute atomic E-state index is 0.214. The topological polar surface area (TPSA) is 37.5 Å². The van der Waals surface area contributed by atoms with Gasteiger partial charge in [-0.05, 0) is 31.9 Å². The summed E-state index contributed by atoms with van der Waals surface area (Å²) < 4.78 is 2.14.